The molecule has 2 aliphatic rings. The first kappa shape index (κ1) is 20.9. The minimum absolute atomic E-state index is 0. The van der Waals surface area contributed by atoms with Crippen molar-refractivity contribution in [3.63, 3.8) is 0 Å². The third-order valence-electron chi connectivity index (χ3n) is 4.90. The Morgan fingerprint density at radius 2 is 1.36 bits per heavy atom. The number of halogens is 2. The Morgan fingerprint density at radius 1 is 0.840 bits per heavy atom. The molecule has 0 fully saturated rings. The molecule has 0 aromatic heterocycles. The van der Waals surface area contributed by atoms with E-state index in [1.807, 2.05) is 0 Å². The van der Waals surface area contributed by atoms with E-state index >= 15 is 0 Å². The molecule has 4 heteroatoms. The van der Waals surface area contributed by atoms with Crippen LogP contribution in [0.15, 0.2) is 69.2 Å². The van der Waals surface area contributed by atoms with Gasteiger partial charge in [0.05, 0.1) is 0 Å². The smallest absolute Gasteiger partial charge is 1.00 e. The Kier molecular flexibility index (Phi) is 6.77. The van der Waals surface area contributed by atoms with Crippen LogP contribution in [0.4, 0.5) is 0 Å². The summed E-state index contributed by atoms with van der Waals surface area (Å²) in [6.07, 6.45) is 6.34. The van der Waals surface area contributed by atoms with Crippen LogP contribution >= 0.6 is 0 Å². The Balaban J connectivity index is 0.00000113. The Hall–Kier alpha value is -0.400. The first-order valence-corrected chi connectivity index (χ1v) is 14.5. The number of benzene rings is 2. The number of allylic oxidation sites excluding steroid dienone is 4. The Morgan fingerprint density at radius 3 is 1.84 bits per heavy atom. The first-order valence-electron chi connectivity index (χ1n) is 8.40. The Bertz CT molecular complexity index is 788. The summed E-state index contributed by atoms with van der Waals surface area (Å²) in [6.45, 7) is 7.39. The molecule has 0 spiro atoms. The number of fused-ring (bicyclic) bond motifs is 3. The van der Waals surface area contributed by atoms with Crippen LogP contribution in [0, 0.1) is 0 Å². The molecule has 2 aromatic rings. The van der Waals surface area contributed by atoms with Gasteiger partial charge in [0.25, 0.3) is 0 Å². The van der Waals surface area contributed by atoms with Gasteiger partial charge in [0, 0.05) is 0 Å². The van der Waals surface area contributed by atoms with Gasteiger partial charge < -0.3 is 24.8 Å². The zero-order valence-corrected chi connectivity index (χ0v) is 19.8. The van der Waals surface area contributed by atoms with Crippen molar-refractivity contribution >= 4 is 8.07 Å². The molecule has 2 aliphatic carbocycles. The molecule has 0 nitrogen and oxygen atoms in total. The van der Waals surface area contributed by atoms with E-state index in [1.54, 1.807) is 19.6 Å². The number of hydrogen-bond acceptors (Lipinski definition) is 0. The van der Waals surface area contributed by atoms with Crippen LogP contribution in [-0.4, -0.2) is 8.07 Å². The van der Waals surface area contributed by atoms with Crippen molar-refractivity contribution in [2.45, 2.75) is 29.7 Å². The zero-order valence-electron chi connectivity index (χ0n) is 14.8. The van der Waals surface area contributed by atoms with Crippen LogP contribution in [-0.2, 0) is 23.2 Å². The van der Waals surface area contributed by atoms with Gasteiger partial charge in [-0.2, -0.15) is 0 Å². The van der Waals surface area contributed by atoms with Crippen LogP contribution in [0.2, 0.25) is 19.6 Å². The molecule has 0 bridgehead atoms. The van der Waals surface area contributed by atoms with Gasteiger partial charge in [-0.15, -0.1) is 0 Å². The van der Waals surface area contributed by atoms with E-state index in [1.165, 1.54) is 17.5 Å². The van der Waals surface area contributed by atoms with Crippen molar-refractivity contribution in [2.24, 2.45) is 0 Å². The topological polar surface area (TPSA) is 0 Å². The molecule has 0 saturated heterocycles. The van der Waals surface area contributed by atoms with E-state index in [9.17, 15) is 0 Å². The molecule has 2 aromatic carbocycles. The van der Waals surface area contributed by atoms with Crippen LogP contribution in [0.25, 0.3) is 11.1 Å². The third-order valence-corrected chi connectivity index (χ3v) is 11.0. The molecule has 0 unspecified atom stereocenters. The number of hydrogen-bond donors (Lipinski definition) is 0. The van der Waals surface area contributed by atoms with Crippen molar-refractivity contribution < 1.29 is 48.0 Å². The summed E-state index contributed by atoms with van der Waals surface area (Å²) in [7, 11) is -1.15. The van der Waals surface area contributed by atoms with Crippen molar-refractivity contribution in [3.8, 4) is 11.1 Å². The molecular formula is C21H22Cl2SiZr. The normalized spacial score (nSPS) is 15.2. The monoisotopic (exact) mass is 462 g/mol. The van der Waals surface area contributed by atoms with Gasteiger partial charge in [-0.3, -0.25) is 0 Å². The van der Waals surface area contributed by atoms with Crippen LogP contribution < -0.4 is 24.8 Å². The van der Waals surface area contributed by atoms with Crippen LogP contribution in [0.3, 0.4) is 0 Å². The standard InChI is InChI=1S/C13H9.C8H13Si.2ClH.Zr/c1-3-7-12-10(5-1)9-11-6-2-4-8-13(11)12;1-9(2,3)8-6-4-5-7-8;;;/h1-9H;6-7H,4H2,1-3H3;2*1H;/q;;;;+2/p-2. The largest absolute Gasteiger partial charge is 1.00 e. The summed E-state index contributed by atoms with van der Waals surface area (Å²) < 4.78 is 2.48. The van der Waals surface area contributed by atoms with Gasteiger partial charge in [-0.1, -0.05) is 0 Å². The second kappa shape index (κ2) is 8.09. The van der Waals surface area contributed by atoms with E-state index in [2.05, 4.69) is 80.3 Å². The molecule has 0 heterocycles. The van der Waals surface area contributed by atoms with Gasteiger partial charge in [-0.05, 0) is 0 Å². The predicted octanol–water partition coefficient (Wildman–Crippen LogP) is -0.0617. The van der Waals surface area contributed by atoms with Crippen LogP contribution in [0.5, 0.6) is 0 Å². The number of rotatable bonds is 3. The fraction of sp³-hybridized carbons (Fsp3) is 0.238. The molecule has 128 valence electrons. The van der Waals surface area contributed by atoms with Gasteiger partial charge in [0.15, 0.2) is 0 Å². The summed E-state index contributed by atoms with van der Waals surface area (Å²) in [5.74, 6) is 0. The van der Waals surface area contributed by atoms with Crippen molar-refractivity contribution in [3.05, 3.63) is 80.3 Å². The fourth-order valence-corrected chi connectivity index (χ4v) is 9.36. The predicted molar refractivity (Wildman–Crippen MR) is 97.9 cm³/mol. The summed E-state index contributed by atoms with van der Waals surface area (Å²) in [5, 5.41) is 1.67. The van der Waals surface area contributed by atoms with Gasteiger partial charge >= 0.3 is 152 Å². The molecule has 25 heavy (non-hydrogen) atoms. The molecule has 0 amide bonds. The average molecular weight is 465 g/mol. The average Bonchev–Trinajstić information content (AvgIpc) is 3.12. The molecule has 0 aliphatic heterocycles. The summed E-state index contributed by atoms with van der Waals surface area (Å²) >= 11 is -0.642. The second-order valence-electron chi connectivity index (χ2n) is 7.54. The maximum Gasteiger partial charge on any atom is -1.00 e. The Labute approximate surface area is 176 Å². The maximum atomic E-state index is 2.59. The third kappa shape index (κ3) is 3.98. The van der Waals surface area contributed by atoms with Gasteiger partial charge in [0.2, 0.25) is 0 Å². The van der Waals surface area contributed by atoms with E-state index in [0.29, 0.717) is 3.63 Å². The van der Waals surface area contributed by atoms with E-state index in [4.69, 9.17) is 0 Å². The van der Waals surface area contributed by atoms with Gasteiger partial charge in [-0.25, -0.2) is 0 Å². The quantitative estimate of drug-likeness (QED) is 0.559. The summed E-state index contributed by atoms with van der Waals surface area (Å²) in [4.78, 5) is 0. The van der Waals surface area contributed by atoms with E-state index in [-0.39, 0.29) is 24.8 Å². The van der Waals surface area contributed by atoms with E-state index < -0.39 is 31.3 Å². The molecular weight excluding hydrogens is 442 g/mol. The maximum absolute atomic E-state index is 2.59. The molecule has 0 N–H and O–H groups in total. The van der Waals surface area contributed by atoms with Crippen molar-refractivity contribution in [1.29, 1.82) is 0 Å². The second-order valence-corrected chi connectivity index (χ2v) is 16.3. The fourth-order valence-electron chi connectivity index (χ4n) is 3.65. The summed E-state index contributed by atoms with van der Waals surface area (Å²) in [6, 6.07) is 18.1. The molecule has 0 atom stereocenters. The molecule has 0 saturated carbocycles. The van der Waals surface area contributed by atoms with Crippen molar-refractivity contribution in [1.82, 2.24) is 0 Å². The van der Waals surface area contributed by atoms with Crippen molar-refractivity contribution in [2.75, 3.05) is 0 Å². The zero-order chi connectivity index (χ0) is 16.0. The minimum atomic E-state index is -1.15. The first-order chi connectivity index (χ1) is 11.0. The summed E-state index contributed by atoms with van der Waals surface area (Å²) in [5.41, 5.74) is 6.13. The minimum Gasteiger partial charge on any atom is -1.00 e. The SMILES string of the molecule is C[Si](C)(C)C1=CC[C]([Zr+2][CH]2c3ccccc3-c3ccccc32)=C1.[Cl-].[Cl-]. The van der Waals surface area contributed by atoms with E-state index in [0.717, 1.165) is 0 Å². The molecule has 0 radical (unpaired) electrons. The van der Waals surface area contributed by atoms with Crippen LogP contribution in [0.1, 0.15) is 21.2 Å². The molecule has 4 rings (SSSR count). The van der Waals surface area contributed by atoms with Gasteiger partial charge in [0.1, 0.15) is 0 Å².